The van der Waals surface area contributed by atoms with Gasteiger partial charge in [0.05, 0.1) is 18.8 Å². The maximum atomic E-state index is 6.32. The van der Waals surface area contributed by atoms with Gasteiger partial charge in [-0.3, -0.25) is 4.98 Å². The lowest BCUT2D eigenvalue weighted by molar-refractivity contribution is 0.364. The Hall–Kier alpha value is -1.09. The van der Waals surface area contributed by atoms with Crippen LogP contribution in [0.2, 0.25) is 0 Å². The predicted octanol–water partition coefficient (Wildman–Crippen LogP) is 2.14. The van der Waals surface area contributed by atoms with E-state index in [4.69, 9.17) is 10.5 Å². The molecule has 2 N–H and O–H groups in total. The number of pyridine rings is 1. The fourth-order valence-electron chi connectivity index (χ4n) is 3.10. The molecule has 2 saturated carbocycles. The lowest BCUT2D eigenvalue weighted by Gasteiger charge is -2.21. The van der Waals surface area contributed by atoms with Gasteiger partial charge in [-0.1, -0.05) is 0 Å². The maximum Gasteiger partial charge on any atom is 0.141 e. The maximum absolute atomic E-state index is 6.32. The van der Waals surface area contributed by atoms with Crippen molar-refractivity contribution < 1.29 is 4.74 Å². The zero-order chi connectivity index (χ0) is 11.1. The molecule has 2 aliphatic rings. The third kappa shape index (κ3) is 1.59. The zero-order valence-corrected chi connectivity index (χ0v) is 9.60. The molecule has 1 aromatic heterocycles. The van der Waals surface area contributed by atoms with Crippen molar-refractivity contribution >= 4 is 0 Å². The summed E-state index contributed by atoms with van der Waals surface area (Å²) in [7, 11) is 1.68. The molecule has 3 heteroatoms. The smallest absolute Gasteiger partial charge is 0.141 e. The Kier molecular flexibility index (Phi) is 2.36. The van der Waals surface area contributed by atoms with Crippen LogP contribution in [0, 0.1) is 17.8 Å². The molecule has 0 radical (unpaired) electrons. The molecule has 0 saturated heterocycles. The summed E-state index contributed by atoms with van der Waals surface area (Å²) in [6.07, 6.45) is 5.80. The summed E-state index contributed by atoms with van der Waals surface area (Å²) in [6.45, 7) is 0. The first-order valence-electron chi connectivity index (χ1n) is 6.04. The number of nitrogens with two attached hydrogens (primary N) is 1. The van der Waals surface area contributed by atoms with E-state index in [2.05, 4.69) is 4.98 Å². The van der Waals surface area contributed by atoms with Crippen molar-refractivity contribution in [3.05, 3.63) is 24.0 Å². The zero-order valence-electron chi connectivity index (χ0n) is 9.60. The molecule has 0 amide bonds. The van der Waals surface area contributed by atoms with Crippen LogP contribution < -0.4 is 10.5 Å². The van der Waals surface area contributed by atoms with Crippen molar-refractivity contribution in [2.24, 2.45) is 23.5 Å². The molecule has 3 atom stereocenters. The first-order chi connectivity index (χ1) is 7.79. The van der Waals surface area contributed by atoms with Crippen LogP contribution in [0.5, 0.6) is 5.75 Å². The minimum absolute atomic E-state index is 0.0453. The van der Waals surface area contributed by atoms with E-state index < -0.39 is 0 Å². The molecular weight excluding hydrogens is 200 g/mol. The number of nitrogens with zero attached hydrogens (tertiary/aromatic N) is 1. The summed E-state index contributed by atoms with van der Waals surface area (Å²) in [4.78, 5) is 4.38. The highest BCUT2D eigenvalue weighted by Gasteiger charge is 2.47. The summed E-state index contributed by atoms with van der Waals surface area (Å²) >= 11 is 0. The van der Waals surface area contributed by atoms with Crippen LogP contribution in [0.1, 0.15) is 31.0 Å². The first-order valence-corrected chi connectivity index (χ1v) is 6.04. The van der Waals surface area contributed by atoms with Crippen molar-refractivity contribution in [1.82, 2.24) is 4.98 Å². The van der Waals surface area contributed by atoms with E-state index >= 15 is 0 Å². The van der Waals surface area contributed by atoms with E-state index in [1.165, 1.54) is 19.3 Å². The quantitative estimate of drug-likeness (QED) is 0.845. The monoisotopic (exact) mass is 218 g/mol. The van der Waals surface area contributed by atoms with Gasteiger partial charge < -0.3 is 10.5 Å². The van der Waals surface area contributed by atoms with Crippen molar-refractivity contribution in [1.29, 1.82) is 0 Å². The van der Waals surface area contributed by atoms with Crippen molar-refractivity contribution in [3.8, 4) is 5.75 Å². The van der Waals surface area contributed by atoms with Crippen LogP contribution in [-0.2, 0) is 0 Å². The number of hydrogen-bond donors (Lipinski definition) is 1. The van der Waals surface area contributed by atoms with Gasteiger partial charge in [-0.15, -0.1) is 0 Å². The van der Waals surface area contributed by atoms with E-state index in [1.54, 1.807) is 13.3 Å². The summed E-state index contributed by atoms with van der Waals surface area (Å²) < 4.78 is 5.32. The molecule has 86 valence electrons. The van der Waals surface area contributed by atoms with Crippen molar-refractivity contribution in [2.45, 2.75) is 25.3 Å². The average molecular weight is 218 g/mol. The van der Waals surface area contributed by atoms with Gasteiger partial charge in [-0.2, -0.15) is 0 Å². The van der Waals surface area contributed by atoms with Crippen molar-refractivity contribution in [3.63, 3.8) is 0 Å². The van der Waals surface area contributed by atoms with Gasteiger partial charge in [0.15, 0.2) is 0 Å². The Morgan fingerprint density at radius 2 is 2.12 bits per heavy atom. The van der Waals surface area contributed by atoms with Crippen LogP contribution in [0.15, 0.2) is 18.3 Å². The molecule has 2 aliphatic carbocycles. The molecule has 1 heterocycles. The van der Waals surface area contributed by atoms with Crippen LogP contribution in [0.3, 0.4) is 0 Å². The highest BCUT2D eigenvalue weighted by Crippen LogP contribution is 2.56. The number of ether oxygens (including phenoxy) is 1. The molecular formula is C13H18N2O. The summed E-state index contributed by atoms with van der Waals surface area (Å²) in [5.41, 5.74) is 7.24. The van der Waals surface area contributed by atoms with E-state index in [0.717, 1.165) is 23.3 Å². The molecule has 0 bridgehead atoms. The number of fused-ring (bicyclic) bond motifs is 1. The van der Waals surface area contributed by atoms with Gasteiger partial charge in [0.2, 0.25) is 0 Å². The number of methoxy groups -OCH3 is 1. The second-order valence-corrected chi connectivity index (χ2v) is 5.10. The summed E-state index contributed by atoms with van der Waals surface area (Å²) in [6, 6.07) is 3.88. The van der Waals surface area contributed by atoms with E-state index in [0.29, 0.717) is 5.92 Å². The fraction of sp³-hybridized carbons (Fsp3) is 0.615. The highest BCUT2D eigenvalue weighted by atomic mass is 16.5. The van der Waals surface area contributed by atoms with Gasteiger partial charge in [0.25, 0.3) is 0 Å². The average Bonchev–Trinajstić information content (AvgIpc) is 2.95. The second kappa shape index (κ2) is 3.74. The lowest BCUT2D eigenvalue weighted by Crippen LogP contribution is -2.22. The number of aromatic nitrogens is 1. The van der Waals surface area contributed by atoms with E-state index in [9.17, 15) is 0 Å². The molecule has 1 aromatic rings. The Morgan fingerprint density at radius 3 is 2.81 bits per heavy atom. The predicted molar refractivity (Wildman–Crippen MR) is 62.0 cm³/mol. The van der Waals surface area contributed by atoms with Gasteiger partial charge in [0, 0.05) is 6.20 Å². The Labute approximate surface area is 96.0 Å². The molecule has 3 unspecified atom stereocenters. The molecule has 0 aliphatic heterocycles. The third-order valence-corrected chi connectivity index (χ3v) is 4.12. The largest absolute Gasteiger partial charge is 0.495 e. The van der Waals surface area contributed by atoms with Gasteiger partial charge in [-0.05, 0) is 49.1 Å². The molecule has 0 aromatic carbocycles. The fourth-order valence-corrected chi connectivity index (χ4v) is 3.10. The third-order valence-electron chi connectivity index (χ3n) is 4.12. The minimum Gasteiger partial charge on any atom is -0.495 e. The second-order valence-electron chi connectivity index (χ2n) is 5.10. The van der Waals surface area contributed by atoms with Gasteiger partial charge in [-0.25, -0.2) is 0 Å². The molecule has 0 spiro atoms. The summed E-state index contributed by atoms with van der Waals surface area (Å²) in [5, 5.41) is 0. The Balaban J connectivity index is 1.80. The summed E-state index contributed by atoms with van der Waals surface area (Å²) in [5.74, 6) is 3.36. The van der Waals surface area contributed by atoms with Gasteiger partial charge >= 0.3 is 0 Å². The Bertz CT molecular complexity index is 383. The lowest BCUT2D eigenvalue weighted by atomic mass is 9.92. The van der Waals surface area contributed by atoms with Crippen LogP contribution in [0.4, 0.5) is 0 Å². The minimum atomic E-state index is 0.0453. The topological polar surface area (TPSA) is 48.1 Å². The normalized spacial score (nSPS) is 33.2. The Morgan fingerprint density at radius 1 is 1.38 bits per heavy atom. The SMILES string of the molecule is COc1cccnc1C(N)C1CC2CC2C1. The van der Waals surface area contributed by atoms with Crippen molar-refractivity contribution in [2.75, 3.05) is 7.11 Å². The molecule has 2 fully saturated rings. The number of rotatable bonds is 3. The molecule has 3 nitrogen and oxygen atoms in total. The molecule has 16 heavy (non-hydrogen) atoms. The molecule has 3 rings (SSSR count). The highest BCUT2D eigenvalue weighted by molar-refractivity contribution is 5.30. The first kappa shape index (κ1) is 10.1. The van der Waals surface area contributed by atoms with Gasteiger partial charge in [0.1, 0.15) is 5.75 Å². The van der Waals surface area contributed by atoms with E-state index in [1.807, 2.05) is 12.1 Å². The van der Waals surface area contributed by atoms with Crippen LogP contribution in [0.25, 0.3) is 0 Å². The van der Waals surface area contributed by atoms with Crippen LogP contribution in [-0.4, -0.2) is 12.1 Å². The van der Waals surface area contributed by atoms with E-state index in [-0.39, 0.29) is 6.04 Å². The standard InChI is InChI=1S/C13H18N2O/c1-16-11-3-2-4-15-13(11)12(14)10-6-8-5-9(8)7-10/h2-4,8-10,12H,5-7,14H2,1H3. The van der Waals surface area contributed by atoms with Crippen LogP contribution >= 0.6 is 0 Å². The number of hydrogen-bond acceptors (Lipinski definition) is 3.